The molecule has 0 spiro atoms. The molecule has 0 aromatic carbocycles. The van der Waals surface area contributed by atoms with E-state index in [0.717, 1.165) is 0 Å². The third kappa shape index (κ3) is 146. The summed E-state index contributed by atoms with van der Waals surface area (Å²) in [6, 6.07) is 0. The van der Waals surface area contributed by atoms with Crippen LogP contribution in [0.25, 0.3) is 0 Å². The molecule has 0 aliphatic heterocycles. The summed E-state index contributed by atoms with van der Waals surface area (Å²) < 4.78 is 0. The van der Waals surface area contributed by atoms with Crippen molar-refractivity contribution in [1.82, 2.24) is 0 Å². The van der Waals surface area contributed by atoms with E-state index in [1.54, 1.807) is 0 Å². The first-order valence-corrected chi connectivity index (χ1v) is 0.565. The number of rotatable bonds is 0. The largest absolute Gasteiger partial charge is 0.328 e. The van der Waals surface area contributed by atoms with Gasteiger partial charge >= 0.3 is 0 Å². The smallest absolute Gasteiger partial charge is 0.291 e. The fourth-order valence-electron chi connectivity index (χ4n) is 0. The summed E-state index contributed by atoms with van der Waals surface area (Å²) in [5.74, 6) is 0. The predicted octanol–water partition coefficient (Wildman–Crippen LogP) is -1.53. The Labute approximate surface area is 85.7 Å². The number of hydrogen-bond donors (Lipinski definition) is 1. The maximum absolute atomic E-state index is 8.36. The molecule has 0 aliphatic rings. The van der Waals surface area contributed by atoms with Gasteiger partial charge in [0.15, 0.2) is 0 Å². The van der Waals surface area contributed by atoms with Gasteiger partial charge in [-0.15, -0.1) is 10.1 Å². The summed E-state index contributed by atoms with van der Waals surface area (Å²) in [6.07, 6.45) is 0. The van der Waals surface area contributed by atoms with Crippen molar-refractivity contribution in [2.75, 3.05) is 0 Å². The van der Waals surface area contributed by atoms with E-state index in [1.807, 2.05) is 0 Å². The standard InChI is InChI=1S/BH3.Fe.HNO3.Nd/c;;2-1(3)4;/h1H3;;(H,2,3,4);. The van der Waals surface area contributed by atoms with E-state index in [9.17, 15) is 0 Å². The van der Waals surface area contributed by atoms with E-state index in [-0.39, 0.29) is 66.3 Å². The van der Waals surface area contributed by atoms with Gasteiger partial charge in [0.2, 0.25) is 0 Å². The quantitative estimate of drug-likeness (QED) is 0.332. The molecule has 0 aromatic heterocycles. The Hall–Kier alpha value is 1.14. The molecule has 0 saturated heterocycles. The molecule has 0 atom stereocenters. The van der Waals surface area contributed by atoms with Gasteiger partial charge in [0.25, 0.3) is 5.09 Å². The average Bonchev–Trinajstić information content (AvgIpc) is 0.811. The fraction of sp³-hybridized carbons (Fsp3) is 0. The van der Waals surface area contributed by atoms with Crippen molar-refractivity contribution in [2.24, 2.45) is 0 Å². The molecule has 0 rings (SSSR count). The van der Waals surface area contributed by atoms with Crippen molar-refractivity contribution in [3.05, 3.63) is 10.1 Å². The first-order chi connectivity index (χ1) is 1.73. The van der Waals surface area contributed by atoms with Crippen LogP contribution in [0.2, 0.25) is 0 Å². The van der Waals surface area contributed by atoms with Crippen molar-refractivity contribution in [1.29, 1.82) is 0 Å². The van der Waals surface area contributed by atoms with E-state index in [1.165, 1.54) is 0 Å². The van der Waals surface area contributed by atoms with Crippen LogP contribution in [0, 0.1) is 51.0 Å². The minimum absolute atomic E-state index is 0. The zero-order valence-corrected chi connectivity index (χ0v) is 6.88. The van der Waals surface area contributed by atoms with E-state index in [4.69, 9.17) is 15.3 Å². The molecule has 0 amide bonds. The summed E-state index contributed by atoms with van der Waals surface area (Å²) in [6.45, 7) is 0. The van der Waals surface area contributed by atoms with Gasteiger partial charge in [-0.3, -0.25) is 0 Å². The average molecular weight is 277 g/mol. The molecule has 4 nitrogen and oxygen atoms in total. The van der Waals surface area contributed by atoms with Gasteiger partial charge in [-0.25, -0.2) is 0 Å². The summed E-state index contributed by atoms with van der Waals surface area (Å²) in [7, 11) is 0. The van der Waals surface area contributed by atoms with Gasteiger partial charge in [0.05, 0.1) is 8.41 Å². The Morgan fingerprint density at radius 2 is 1.57 bits per heavy atom. The second kappa shape index (κ2) is 15.7. The molecule has 1 N–H and O–H groups in total. The molecule has 0 aromatic rings. The van der Waals surface area contributed by atoms with E-state index >= 15 is 0 Å². The summed E-state index contributed by atoms with van der Waals surface area (Å²) in [5, 5.41) is 13.6. The van der Waals surface area contributed by atoms with Crippen molar-refractivity contribution in [2.45, 2.75) is 0 Å². The molecule has 0 bridgehead atoms. The van der Waals surface area contributed by atoms with Crippen LogP contribution in [0.1, 0.15) is 0 Å². The number of nitrogens with zero attached hydrogens (tertiary/aromatic N) is 1. The molecule has 7 heteroatoms. The zero-order valence-electron chi connectivity index (χ0n) is 2.56. The molecular formula is H4BFeNNdO3. The van der Waals surface area contributed by atoms with E-state index < -0.39 is 5.09 Å². The van der Waals surface area contributed by atoms with Crippen LogP contribution in [0.15, 0.2) is 0 Å². The second-order valence-corrected chi connectivity index (χ2v) is 0.238. The molecule has 0 heterocycles. The summed E-state index contributed by atoms with van der Waals surface area (Å²) in [5.41, 5.74) is 0. The Balaban J connectivity index is -0.0000000150. The van der Waals surface area contributed by atoms with Crippen molar-refractivity contribution in [3.63, 3.8) is 0 Å². The molecule has 0 fully saturated rings. The van der Waals surface area contributed by atoms with Crippen LogP contribution in [-0.4, -0.2) is 18.7 Å². The van der Waals surface area contributed by atoms with Crippen LogP contribution in [0.4, 0.5) is 0 Å². The van der Waals surface area contributed by atoms with Crippen molar-refractivity contribution >= 4 is 8.41 Å². The Kier molecular flexibility index (Phi) is 54.3. The van der Waals surface area contributed by atoms with Crippen LogP contribution in [0.5, 0.6) is 0 Å². The molecule has 0 radical (unpaired) electrons. The molecular weight excluding hydrogens is 273 g/mol. The minimum atomic E-state index is -1.50. The topological polar surface area (TPSA) is 63.4 Å². The normalized spacial score (nSPS) is 3.43. The first kappa shape index (κ1) is 24.2. The van der Waals surface area contributed by atoms with Gasteiger partial charge < -0.3 is 5.21 Å². The summed E-state index contributed by atoms with van der Waals surface area (Å²) in [4.78, 5) is 8.36. The van der Waals surface area contributed by atoms with E-state index in [0.29, 0.717) is 0 Å². The van der Waals surface area contributed by atoms with Gasteiger partial charge in [0.1, 0.15) is 0 Å². The maximum atomic E-state index is 8.36. The van der Waals surface area contributed by atoms with Gasteiger partial charge in [-0.2, -0.15) is 0 Å². The van der Waals surface area contributed by atoms with Gasteiger partial charge in [0, 0.05) is 57.9 Å². The third-order valence-corrected chi connectivity index (χ3v) is 0. The zero-order chi connectivity index (χ0) is 3.58. The molecule has 0 saturated carbocycles. The molecule has 42 valence electrons. The van der Waals surface area contributed by atoms with Crippen LogP contribution < -0.4 is 0 Å². The van der Waals surface area contributed by atoms with Gasteiger partial charge in [-0.05, 0) is 0 Å². The maximum Gasteiger partial charge on any atom is 0.291 e. The first-order valence-electron chi connectivity index (χ1n) is 0.565. The SMILES string of the molecule is B.O=[N+]([O-])O.[Fe].[Nd]. The van der Waals surface area contributed by atoms with E-state index in [2.05, 4.69) is 0 Å². The van der Waals surface area contributed by atoms with Crippen LogP contribution in [0.3, 0.4) is 0 Å². The molecule has 7 heavy (non-hydrogen) atoms. The monoisotopic (exact) mass is 275 g/mol. The number of hydrogen-bond acceptors (Lipinski definition) is 2. The van der Waals surface area contributed by atoms with Crippen LogP contribution in [-0.2, 0) is 17.1 Å². The van der Waals surface area contributed by atoms with Crippen LogP contribution >= 0.6 is 0 Å². The second-order valence-electron chi connectivity index (χ2n) is 0.238. The van der Waals surface area contributed by atoms with Gasteiger partial charge in [-0.1, -0.05) is 0 Å². The molecule has 0 aliphatic carbocycles. The third-order valence-electron chi connectivity index (χ3n) is 0. The summed E-state index contributed by atoms with van der Waals surface area (Å²) >= 11 is 0. The minimum Gasteiger partial charge on any atom is -0.328 e. The van der Waals surface area contributed by atoms with Crippen molar-refractivity contribution in [3.8, 4) is 0 Å². The van der Waals surface area contributed by atoms with Crippen molar-refractivity contribution < 1.29 is 68.2 Å². The fourth-order valence-corrected chi connectivity index (χ4v) is 0. The Morgan fingerprint density at radius 1 is 1.57 bits per heavy atom. The Morgan fingerprint density at radius 3 is 1.57 bits per heavy atom. The predicted molar refractivity (Wildman–Crippen MR) is 18.7 cm³/mol. The molecule has 0 unspecified atom stereocenters. The Bertz CT molecular complexity index is 37.9.